The number of piperidine rings is 1. The summed E-state index contributed by atoms with van der Waals surface area (Å²) >= 11 is 0. The van der Waals surface area contributed by atoms with Crippen LogP contribution < -0.4 is 4.90 Å². The number of nitrogens with zero attached hydrogens (tertiary/aromatic N) is 4. The van der Waals surface area contributed by atoms with Crippen molar-refractivity contribution in [2.24, 2.45) is 5.92 Å². The van der Waals surface area contributed by atoms with Crippen molar-refractivity contribution in [1.82, 2.24) is 9.97 Å². The molecule has 0 bridgehead atoms. The van der Waals surface area contributed by atoms with Gasteiger partial charge in [0.05, 0.1) is 24.2 Å². The number of fused-ring (bicyclic) bond motifs is 1. The zero-order valence-electron chi connectivity index (χ0n) is 13.9. The lowest BCUT2D eigenvalue weighted by Gasteiger charge is -2.33. The lowest BCUT2D eigenvalue weighted by Crippen LogP contribution is -2.36. The van der Waals surface area contributed by atoms with Crippen LogP contribution in [-0.2, 0) is 9.53 Å². The van der Waals surface area contributed by atoms with Crippen LogP contribution in [0.4, 0.5) is 5.82 Å². The lowest BCUT2D eigenvalue weighted by molar-refractivity contribution is -0.141. The fraction of sp³-hybridized carbons (Fsp3) is 0.444. The molecular formula is C18H20N4O2. The number of benzene rings is 1. The Bertz CT molecular complexity index is 799. The molecule has 6 heteroatoms. The van der Waals surface area contributed by atoms with Gasteiger partial charge in [-0.2, -0.15) is 5.26 Å². The summed E-state index contributed by atoms with van der Waals surface area (Å²) in [6.07, 6.45) is 2.23. The Morgan fingerprint density at radius 1 is 1.38 bits per heavy atom. The van der Waals surface area contributed by atoms with Crippen LogP contribution in [0.1, 0.15) is 31.4 Å². The molecule has 1 aliphatic heterocycles. The Balaban J connectivity index is 2.15. The fourth-order valence-corrected chi connectivity index (χ4v) is 3.16. The SMILES string of the molecule is COC(=O)[C@@H](C#N)c1nc2ccccc2nc1N1CCC[C@@H](C)C1. The highest BCUT2D eigenvalue weighted by atomic mass is 16.5. The van der Waals surface area contributed by atoms with Crippen LogP contribution in [0.3, 0.4) is 0 Å². The number of nitriles is 1. The molecule has 2 atom stereocenters. The third-order valence-corrected chi connectivity index (χ3v) is 4.37. The van der Waals surface area contributed by atoms with Crippen LogP contribution in [0.25, 0.3) is 11.0 Å². The first-order valence-electron chi connectivity index (χ1n) is 8.13. The Labute approximate surface area is 141 Å². The van der Waals surface area contributed by atoms with E-state index >= 15 is 0 Å². The molecule has 24 heavy (non-hydrogen) atoms. The second kappa shape index (κ2) is 6.83. The van der Waals surface area contributed by atoms with E-state index < -0.39 is 11.9 Å². The van der Waals surface area contributed by atoms with Gasteiger partial charge in [0.2, 0.25) is 0 Å². The number of para-hydroxylation sites is 2. The summed E-state index contributed by atoms with van der Waals surface area (Å²) in [7, 11) is 1.28. The average Bonchev–Trinajstić information content (AvgIpc) is 2.61. The van der Waals surface area contributed by atoms with Crippen molar-refractivity contribution in [1.29, 1.82) is 5.26 Å². The highest BCUT2D eigenvalue weighted by Crippen LogP contribution is 2.30. The smallest absolute Gasteiger partial charge is 0.329 e. The molecule has 6 nitrogen and oxygen atoms in total. The molecule has 1 fully saturated rings. The van der Waals surface area contributed by atoms with Gasteiger partial charge in [0, 0.05) is 13.1 Å². The second-order valence-electron chi connectivity index (χ2n) is 6.20. The minimum Gasteiger partial charge on any atom is -0.468 e. The molecule has 124 valence electrons. The van der Waals surface area contributed by atoms with Crippen LogP contribution in [0, 0.1) is 17.2 Å². The summed E-state index contributed by atoms with van der Waals surface area (Å²) < 4.78 is 4.79. The van der Waals surface area contributed by atoms with Crippen LogP contribution in [0.15, 0.2) is 24.3 Å². The van der Waals surface area contributed by atoms with E-state index in [4.69, 9.17) is 9.72 Å². The molecule has 2 aromatic rings. The Kier molecular flexibility index (Phi) is 4.61. The second-order valence-corrected chi connectivity index (χ2v) is 6.20. The van der Waals surface area contributed by atoms with Gasteiger partial charge in [-0.15, -0.1) is 0 Å². The molecule has 0 radical (unpaired) electrons. The number of anilines is 1. The largest absolute Gasteiger partial charge is 0.468 e. The minimum atomic E-state index is -1.07. The van der Waals surface area contributed by atoms with Crippen molar-refractivity contribution in [3.8, 4) is 6.07 Å². The van der Waals surface area contributed by atoms with Gasteiger partial charge in [0.25, 0.3) is 0 Å². The monoisotopic (exact) mass is 324 g/mol. The van der Waals surface area contributed by atoms with Gasteiger partial charge < -0.3 is 9.64 Å². The Morgan fingerprint density at radius 3 is 2.71 bits per heavy atom. The number of hydrogen-bond acceptors (Lipinski definition) is 6. The number of aromatic nitrogens is 2. The summed E-state index contributed by atoms with van der Waals surface area (Å²) in [6.45, 7) is 3.89. The Hall–Kier alpha value is -2.68. The van der Waals surface area contributed by atoms with Gasteiger partial charge in [-0.3, -0.25) is 4.79 Å². The van der Waals surface area contributed by atoms with E-state index in [1.165, 1.54) is 13.5 Å². The van der Waals surface area contributed by atoms with E-state index in [0.29, 0.717) is 22.9 Å². The molecule has 0 unspecified atom stereocenters. The zero-order valence-corrected chi connectivity index (χ0v) is 13.9. The topological polar surface area (TPSA) is 79.1 Å². The molecule has 0 amide bonds. The molecule has 1 aromatic heterocycles. The molecule has 2 heterocycles. The van der Waals surface area contributed by atoms with Crippen LogP contribution >= 0.6 is 0 Å². The number of rotatable bonds is 3. The molecule has 1 saturated heterocycles. The minimum absolute atomic E-state index is 0.386. The zero-order chi connectivity index (χ0) is 17.1. The molecule has 0 spiro atoms. The molecular weight excluding hydrogens is 304 g/mol. The van der Waals surface area contributed by atoms with Gasteiger partial charge in [-0.25, -0.2) is 9.97 Å². The van der Waals surface area contributed by atoms with E-state index in [1.54, 1.807) is 0 Å². The summed E-state index contributed by atoms with van der Waals surface area (Å²) in [6, 6.07) is 9.51. The van der Waals surface area contributed by atoms with Crippen molar-refractivity contribution >= 4 is 22.8 Å². The van der Waals surface area contributed by atoms with E-state index in [1.807, 2.05) is 30.3 Å². The maximum absolute atomic E-state index is 12.0. The number of carbonyl (C=O) groups is 1. The maximum Gasteiger partial charge on any atom is 0.329 e. The summed E-state index contributed by atoms with van der Waals surface area (Å²) in [5.74, 6) is -0.511. The third kappa shape index (κ3) is 3.02. The number of hydrogen-bond donors (Lipinski definition) is 0. The molecule has 1 aliphatic rings. The predicted octanol–water partition coefficient (Wildman–Crippen LogP) is 2.65. The number of esters is 1. The van der Waals surface area contributed by atoms with Crippen molar-refractivity contribution in [2.75, 3.05) is 25.1 Å². The normalized spacial score (nSPS) is 18.9. The fourth-order valence-electron chi connectivity index (χ4n) is 3.16. The van der Waals surface area contributed by atoms with Crippen molar-refractivity contribution in [3.63, 3.8) is 0 Å². The Morgan fingerprint density at radius 2 is 2.08 bits per heavy atom. The van der Waals surface area contributed by atoms with Gasteiger partial charge in [0.15, 0.2) is 11.7 Å². The molecule has 0 N–H and O–H groups in total. The first kappa shape index (κ1) is 16.2. The highest BCUT2D eigenvalue weighted by Gasteiger charge is 2.30. The standard InChI is InChI=1S/C18H20N4O2/c1-12-6-5-9-22(11-12)17-16(13(10-19)18(23)24-2)20-14-7-3-4-8-15(14)21-17/h3-4,7-8,12-13H,5-6,9,11H2,1-2H3/t12-,13+/m1/s1. The summed E-state index contributed by atoms with van der Waals surface area (Å²) in [5.41, 5.74) is 1.82. The van der Waals surface area contributed by atoms with Crippen molar-refractivity contribution in [3.05, 3.63) is 30.0 Å². The number of ether oxygens (including phenoxy) is 1. The molecule has 0 saturated carbocycles. The van der Waals surface area contributed by atoms with Crippen molar-refractivity contribution < 1.29 is 9.53 Å². The van der Waals surface area contributed by atoms with Gasteiger partial charge in [0.1, 0.15) is 5.69 Å². The molecule has 0 aliphatic carbocycles. The highest BCUT2D eigenvalue weighted by molar-refractivity contribution is 5.85. The lowest BCUT2D eigenvalue weighted by atomic mass is 9.99. The predicted molar refractivity (Wildman–Crippen MR) is 90.5 cm³/mol. The van der Waals surface area contributed by atoms with Crippen LogP contribution in [-0.4, -0.2) is 36.1 Å². The van der Waals surface area contributed by atoms with Gasteiger partial charge >= 0.3 is 5.97 Å². The first-order chi connectivity index (χ1) is 11.6. The summed E-state index contributed by atoms with van der Waals surface area (Å²) in [5, 5.41) is 9.49. The first-order valence-corrected chi connectivity index (χ1v) is 8.13. The molecule has 3 rings (SSSR count). The third-order valence-electron chi connectivity index (χ3n) is 4.37. The molecule has 1 aromatic carbocycles. The van der Waals surface area contributed by atoms with E-state index in [-0.39, 0.29) is 0 Å². The van der Waals surface area contributed by atoms with E-state index in [2.05, 4.69) is 16.8 Å². The quantitative estimate of drug-likeness (QED) is 0.808. The summed E-state index contributed by atoms with van der Waals surface area (Å²) in [4.78, 5) is 23.5. The number of methoxy groups -OCH3 is 1. The van der Waals surface area contributed by atoms with Crippen LogP contribution in [0.5, 0.6) is 0 Å². The van der Waals surface area contributed by atoms with E-state index in [9.17, 15) is 10.1 Å². The van der Waals surface area contributed by atoms with E-state index in [0.717, 1.165) is 25.0 Å². The van der Waals surface area contributed by atoms with Gasteiger partial charge in [-0.1, -0.05) is 19.1 Å². The maximum atomic E-state index is 12.0. The number of carbonyl (C=O) groups excluding carboxylic acids is 1. The van der Waals surface area contributed by atoms with Crippen molar-refractivity contribution in [2.45, 2.75) is 25.7 Å². The van der Waals surface area contributed by atoms with Gasteiger partial charge in [-0.05, 0) is 30.9 Å². The average molecular weight is 324 g/mol. The van der Waals surface area contributed by atoms with Crippen LogP contribution in [0.2, 0.25) is 0 Å².